The van der Waals surface area contributed by atoms with Gasteiger partial charge in [-0.25, -0.2) is 0 Å². The second kappa shape index (κ2) is 5.86. The van der Waals surface area contributed by atoms with Crippen LogP contribution in [0.4, 0.5) is 17.1 Å². The number of nitrogens with two attached hydrogens (primary N) is 1. The minimum atomic E-state index is 0.735. The summed E-state index contributed by atoms with van der Waals surface area (Å²) in [6.07, 6.45) is 0. The first-order valence-corrected chi connectivity index (χ1v) is 7.63. The zero-order chi connectivity index (χ0) is 14.8. The number of piperazine rings is 1. The maximum atomic E-state index is 6.30. The van der Waals surface area contributed by atoms with Crippen molar-refractivity contribution in [3.8, 4) is 0 Å². The first kappa shape index (κ1) is 14.1. The molecule has 0 spiro atoms. The number of para-hydroxylation sites is 1. The van der Waals surface area contributed by atoms with Crippen LogP contribution in [0.25, 0.3) is 0 Å². The van der Waals surface area contributed by atoms with Crippen LogP contribution in [0, 0.1) is 6.92 Å². The lowest BCUT2D eigenvalue weighted by Crippen LogP contribution is -2.46. The molecule has 3 nitrogen and oxygen atoms in total. The van der Waals surface area contributed by atoms with Crippen LogP contribution in [-0.2, 0) is 0 Å². The third kappa shape index (κ3) is 2.93. The standard InChI is InChI=1S/C17H20ClN3/c1-13-4-2-5-14(12-13)20-8-10-21(11-9-20)17-15(18)6-3-7-16(17)19/h2-7,12H,8-11,19H2,1H3. The Morgan fingerprint density at radius 3 is 2.29 bits per heavy atom. The maximum absolute atomic E-state index is 6.30. The van der Waals surface area contributed by atoms with Gasteiger partial charge >= 0.3 is 0 Å². The monoisotopic (exact) mass is 301 g/mol. The Labute approximate surface area is 130 Å². The first-order valence-electron chi connectivity index (χ1n) is 7.26. The van der Waals surface area contributed by atoms with Gasteiger partial charge in [0.15, 0.2) is 0 Å². The molecular formula is C17H20ClN3. The van der Waals surface area contributed by atoms with E-state index in [0.717, 1.165) is 42.6 Å². The van der Waals surface area contributed by atoms with Gasteiger partial charge in [-0.1, -0.05) is 29.8 Å². The van der Waals surface area contributed by atoms with Gasteiger partial charge in [0.2, 0.25) is 0 Å². The number of nitrogen functional groups attached to an aromatic ring is 1. The minimum absolute atomic E-state index is 0.735. The van der Waals surface area contributed by atoms with E-state index in [1.807, 2.05) is 18.2 Å². The maximum Gasteiger partial charge on any atom is 0.0790 e. The summed E-state index contributed by atoms with van der Waals surface area (Å²) in [6, 6.07) is 14.4. The lowest BCUT2D eigenvalue weighted by atomic mass is 10.1. The summed E-state index contributed by atoms with van der Waals surface area (Å²) in [5.74, 6) is 0. The second-order valence-electron chi connectivity index (χ2n) is 5.49. The highest BCUT2D eigenvalue weighted by Gasteiger charge is 2.20. The number of halogens is 1. The summed E-state index contributed by atoms with van der Waals surface area (Å²) in [4.78, 5) is 4.69. The lowest BCUT2D eigenvalue weighted by molar-refractivity contribution is 0.654. The smallest absolute Gasteiger partial charge is 0.0790 e. The Morgan fingerprint density at radius 1 is 0.952 bits per heavy atom. The van der Waals surface area contributed by atoms with E-state index in [2.05, 4.69) is 41.0 Å². The minimum Gasteiger partial charge on any atom is -0.397 e. The number of hydrogen-bond acceptors (Lipinski definition) is 3. The van der Waals surface area contributed by atoms with Crippen molar-refractivity contribution in [1.82, 2.24) is 0 Å². The summed E-state index contributed by atoms with van der Waals surface area (Å²) in [7, 11) is 0. The van der Waals surface area contributed by atoms with E-state index >= 15 is 0 Å². The van der Waals surface area contributed by atoms with E-state index in [0.29, 0.717) is 0 Å². The van der Waals surface area contributed by atoms with Crippen molar-refractivity contribution in [2.45, 2.75) is 6.92 Å². The van der Waals surface area contributed by atoms with E-state index < -0.39 is 0 Å². The van der Waals surface area contributed by atoms with Crippen LogP contribution in [0.2, 0.25) is 5.02 Å². The van der Waals surface area contributed by atoms with Crippen LogP contribution < -0.4 is 15.5 Å². The normalized spacial score (nSPS) is 15.3. The molecule has 0 saturated carbocycles. The molecule has 1 fully saturated rings. The molecule has 1 aliphatic heterocycles. The molecule has 1 heterocycles. The zero-order valence-electron chi connectivity index (χ0n) is 12.2. The molecular weight excluding hydrogens is 282 g/mol. The van der Waals surface area contributed by atoms with Gasteiger partial charge in [0.1, 0.15) is 0 Å². The SMILES string of the molecule is Cc1cccc(N2CCN(c3c(N)cccc3Cl)CC2)c1. The predicted octanol–water partition coefficient (Wildman–Crippen LogP) is 3.56. The molecule has 4 heteroatoms. The predicted molar refractivity (Wildman–Crippen MR) is 91.5 cm³/mol. The van der Waals surface area contributed by atoms with Crippen molar-refractivity contribution in [3.05, 3.63) is 53.1 Å². The van der Waals surface area contributed by atoms with Gasteiger partial charge in [0.25, 0.3) is 0 Å². The van der Waals surface area contributed by atoms with E-state index in [4.69, 9.17) is 17.3 Å². The van der Waals surface area contributed by atoms with Gasteiger partial charge in [-0.05, 0) is 36.8 Å². The fourth-order valence-electron chi connectivity index (χ4n) is 2.88. The average Bonchev–Trinajstić information content (AvgIpc) is 2.48. The summed E-state index contributed by atoms with van der Waals surface area (Å²) in [5.41, 5.74) is 10.4. The van der Waals surface area contributed by atoms with Gasteiger partial charge in [-0.3, -0.25) is 0 Å². The third-order valence-corrected chi connectivity index (χ3v) is 4.29. The van der Waals surface area contributed by atoms with Crippen molar-refractivity contribution in [3.63, 3.8) is 0 Å². The van der Waals surface area contributed by atoms with E-state index in [-0.39, 0.29) is 0 Å². The van der Waals surface area contributed by atoms with Crippen LogP contribution in [0.1, 0.15) is 5.56 Å². The van der Waals surface area contributed by atoms with Crippen LogP contribution in [0.15, 0.2) is 42.5 Å². The zero-order valence-corrected chi connectivity index (χ0v) is 13.0. The third-order valence-electron chi connectivity index (χ3n) is 3.98. The van der Waals surface area contributed by atoms with Crippen LogP contribution in [-0.4, -0.2) is 26.2 Å². The average molecular weight is 302 g/mol. The molecule has 0 amide bonds. The molecule has 21 heavy (non-hydrogen) atoms. The number of nitrogens with zero attached hydrogens (tertiary/aromatic N) is 2. The highest BCUT2D eigenvalue weighted by Crippen LogP contribution is 2.33. The highest BCUT2D eigenvalue weighted by atomic mass is 35.5. The van der Waals surface area contributed by atoms with Crippen molar-refractivity contribution in [2.75, 3.05) is 41.7 Å². The molecule has 3 rings (SSSR count). The van der Waals surface area contributed by atoms with Crippen LogP contribution >= 0.6 is 11.6 Å². The van der Waals surface area contributed by atoms with Gasteiger partial charge in [-0.2, -0.15) is 0 Å². The lowest BCUT2D eigenvalue weighted by Gasteiger charge is -2.38. The Bertz CT molecular complexity index is 613. The number of benzene rings is 2. The molecule has 0 aromatic heterocycles. The second-order valence-corrected chi connectivity index (χ2v) is 5.90. The van der Waals surface area contributed by atoms with E-state index in [9.17, 15) is 0 Å². The van der Waals surface area contributed by atoms with E-state index in [1.54, 1.807) is 0 Å². The van der Waals surface area contributed by atoms with Gasteiger partial charge in [-0.15, -0.1) is 0 Å². The van der Waals surface area contributed by atoms with Crippen molar-refractivity contribution in [2.24, 2.45) is 0 Å². The molecule has 2 N–H and O–H groups in total. The molecule has 2 aromatic rings. The molecule has 1 aliphatic rings. The number of rotatable bonds is 2. The Morgan fingerprint density at radius 2 is 1.62 bits per heavy atom. The topological polar surface area (TPSA) is 32.5 Å². The van der Waals surface area contributed by atoms with Gasteiger partial charge in [0, 0.05) is 31.9 Å². The fourth-order valence-corrected chi connectivity index (χ4v) is 3.18. The number of hydrogen-bond donors (Lipinski definition) is 1. The summed E-state index contributed by atoms with van der Waals surface area (Å²) < 4.78 is 0. The highest BCUT2D eigenvalue weighted by molar-refractivity contribution is 6.34. The van der Waals surface area contributed by atoms with Crippen molar-refractivity contribution in [1.29, 1.82) is 0 Å². The fraction of sp³-hybridized carbons (Fsp3) is 0.294. The molecule has 1 saturated heterocycles. The largest absolute Gasteiger partial charge is 0.397 e. The first-order chi connectivity index (χ1) is 10.1. The molecule has 2 aromatic carbocycles. The molecule has 0 aliphatic carbocycles. The summed E-state index contributed by atoms with van der Waals surface area (Å²) in [6.45, 7) is 5.95. The van der Waals surface area contributed by atoms with Crippen LogP contribution in [0.5, 0.6) is 0 Å². The molecule has 0 bridgehead atoms. The Kier molecular flexibility index (Phi) is 3.93. The quantitative estimate of drug-likeness (QED) is 0.861. The van der Waals surface area contributed by atoms with E-state index in [1.165, 1.54) is 11.3 Å². The molecule has 0 atom stereocenters. The summed E-state index contributed by atoms with van der Waals surface area (Å²) >= 11 is 6.30. The van der Waals surface area contributed by atoms with Crippen molar-refractivity contribution < 1.29 is 0 Å². The summed E-state index contributed by atoms with van der Waals surface area (Å²) in [5, 5.41) is 0.735. The Balaban J connectivity index is 1.73. The molecule has 0 radical (unpaired) electrons. The van der Waals surface area contributed by atoms with Gasteiger partial charge < -0.3 is 15.5 Å². The van der Waals surface area contributed by atoms with Gasteiger partial charge in [0.05, 0.1) is 16.4 Å². The van der Waals surface area contributed by atoms with Crippen LogP contribution in [0.3, 0.4) is 0 Å². The number of aryl methyl sites for hydroxylation is 1. The molecule has 110 valence electrons. The van der Waals surface area contributed by atoms with Crippen molar-refractivity contribution >= 4 is 28.7 Å². The molecule has 0 unspecified atom stereocenters. The Hall–Kier alpha value is -1.87. The number of anilines is 3.